The average Bonchev–Trinajstić information content (AvgIpc) is 2.58. The van der Waals surface area contributed by atoms with E-state index in [1.165, 1.54) is 11.8 Å². The van der Waals surface area contributed by atoms with E-state index in [1.807, 2.05) is 13.8 Å². The summed E-state index contributed by atoms with van der Waals surface area (Å²) in [6, 6.07) is 7.18. The molecular formula is C17H21N3O3S. The molecular weight excluding hydrogens is 326 g/mol. The number of aryl methyl sites for hydroxylation is 1. The standard InChI is InChI=1S/C17H21N3O3S/c1-4-14-11(3)16(22)20-17(19-14)24-10-15(21)18-12-6-8-13(9-7-12)23-5-2/h6-9H,4-5,10H2,1-3H3,(H,18,21)(H,19,20,22). The second-order valence-corrected chi connectivity index (χ2v) is 6.05. The van der Waals surface area contributed by atoms with Gasteiger partial charge in [0.1, 0.15) is 5.75 Å². The largest absolute Gasteiger partial charge is 0.494 e. The highest BCUT2D eigenvalue weighted by Crippen LogP contribution is 2.17. The Balaban J connectivity index is 1.93. The topological polar surface area (TPSA) is 84.1 Å². The molecule has 2 rings (SSSR count). The van der Waals surface area contributed by atoms with Crippen LogP contribution in [0.25, 0.3) is 0 Å². The third-order valence-corrected chi connectivity index (χ3v) is 4.23. The minimum Gasteiger partial charge on any atom is -0.494 e. The molecule has 1 aromatic heterocycles. The Hall–Kier alpha value is -2.28. The van der Waals surface area contributed by atoms with Crippen molar-refractivity contribution >= 4 is 23.4 Å². The normalized spacial score (nSPS) is 10.5. The van der Waals surface area contributed by atoms with Crippen molar-refractivity contribution in [1.29, 1.82) is 0 Å². The van der Waals surface area contributed by atoms with Gasteiger partial charge in [0, 0.05) is 11.3 Å². The van der Waals surface area contributed by atoms with Crippen LogP contribution in [0.2, 0.25) is 0 Å². The van der Waals surface area contributed by atoms with Gasteiger partial charge in [0.25, 0.3) is 5.56 Å². The summed E-state index contributed by atoms with van der Waals surface area (Å²) in [4.78, 5) is 30.9. The molecule has 0 aliphatic heterocycles. The predicted molar refractivity (Wildman–Crippen MR) is 95.9 cm³/mol. The van der Waals surface area contributed by atoms with Crippen molar-refractivity contribution in [1.82, 2.24) is 9.97 Å². The number of anilines is 1. The lowest BCUT2D eigenvalue weighted by molar-refractivity contribution is -0.113. The fourth-order valence-electron chi connectivity index (χ4n) is 2.10. The van der Waals surface area contributed by atoms with E-state index in [0.29, 0.717) is 29.4 Å². The molecule has 6 nitrogen and oxygen atoms in total. The SMILES string of the molecule is CCOc1ccc(NC(=O)CSc2nc(CC)c(C)c(=O)[nH]2)cc1. The number of aromatic nitrogens is 2. The van der Waals surface area contributed by atoms with Gasteiger partial charge in [-0.15, -0.1) is 0 Å². The summed E-state index contributed by atoms with van der Waals surface area (Å²) in [5.74, 6) is 0.770. The smallest absolute Gasteiger partial charge is 0.254 e. The van der Waals surface area contributed by atoms with Crippen LogP contribution >= 0.6 is 11.8 Å². The number of aromatic amines is 1. The zero-order chi connectivity index (χ0) is 17.5. The second-order valence-electron chi connectivity index (χ2n) is 5.09. The summed E-state index contributed by atoms with van der Waals surface area (Å²) in [5.41, 5.74) is 1.92. The average molecular weight is 347 g/mol. The van der Waals surface area contributed by atoms with Crippen LogP contribution < -0.4 is 15.6 Å². The maximum atomic E-state index is 12.0. The van der Waals surface area contributed by atoms with Gasteiger partial charge < -0.3 is 15.0 Å². The second kappa shape index (κ2) is 8.54. The monoisotopic (exact) mass is 347 g/mol. The first-order valence-electron chi connectivity index (χ1n) is 7.78. The molecule has 0 radical (unpaired) electrons. The van der Waals surface area contributed by atoms with E-state index in [2.05, 4.69) is 15.3 Å². The number of thioether (sulfide) groups is 1. The molecule has 0 bridgehead atoms. The molecule has 0 aliphatic carbocycles. The molecule has 0 unspecified atom stereocenters. The number of benzene rings is 1. The third-order valence-electron chi connectivity index (χ3n) is 3.35. The first-order chi connectivity index (χ1) is 11.5. The predicted octanol–water partition coefficient (Wildman–Crippen LogP) is 2.77. The van der Waals surface area contributed by atoms with Crippen molar-refractivity contribution in [2.24, 2.45) is 0 Å². The molecule has 0 atom stereocenters. The van der Waals surface area contributed by atoms with Gasteiger partial charge >= 0.3 is 0 Å². The molecule has 0 saturated heterocycles. The Morgan fingerprint density at radius 3 is 2.62 bits per heavy atom. The Morgan fingerprint density at radius 1 is 1.29 bits per heavy atom. The van der Waals surface area contributed by atoms with E-state index in [4.69, 9.17) is 4.74 Å². The zero-order valence-electron chi connectivity index (χ0n) is 14.0. The molecule has 128 valence electrons. The Labute approximate surface area is 145 Å². The maximum Gasteiger partial charge on any atom is 0.254 e. The van der Waals surface area contributed by atoms with Crippen LogP contribution in [-0.4, -0.2) is 28.2 Å². The Bertz CT molecular complexity index is 757. The molecule has 1 aromatic carbocycles. The van der Waals surface area contributed by atoms with E-state index < -0.39 is 0 Å². The minimum atomic E-state index is -0.162. The number of amides is 1. The van der Waals surface area contributed by atoms with E-state index in [1.54, 1.807) is 31.2 Å². The molecule has 0 spiro atoms. The van der Waals surface area contributed by atoms with Crippen LogP contribution in [0.1, 0.15) is 25.1 Å². The van der Waals surface area contributed by atoms with Gasteiger partial charge in [0.05, 0.1) is 18.1 Å². The fraction of sp³-hybridized carbons (Fsp3) is 0.353. The molecule has 0 fully saturated rings. The number of hydrogen-bond acceptors (Lipinski definition) is 5. The third kappa shape index (κ3) is 4.86. The van der Waals surface area contributed by atoms with Crippen molar-refractivity contribution in [3.8, 4) is 5.75 Å². The molecule has 0 aliphatic rings. The Kier molecular flexibility index (Phi) is 6.43. The lowest BCUT2D eigenvalue weighted by atomic mass is 10.2. The summed E-state index contributed by atoms with van der Waals surface area (Å²) in [7, 11) is 0. The molecule has 7 heteroatoms. The number of nitrogens with one attached hydrogen (secondary N) is 2. The number of hydrogen-bond donors (Lipinski definition) is 2. The first-order valence-corrected chi connectivity index (χ1v) is 8.77. The van der Waals surface area contributed by atoms with Crippen LogP contribution in [0.3, 0.4) is 0 Å². The van der Waals surface area contributed by atoms with Crippen molar-refractivity contribution < 1.29 is 9.53 Å². The number of rotatable bonds is 7. The van der Waals surface area contributed by atoms with Gasteiger partial charge in [-0.1, -0.05) is 18.7 Å². The summed E-state index contributed by atoms with van der Waals surface area (Å²) >= 11 is 1.21. The summed E-state index contributed by atoms with van der Waals surface area (Å²) in [6.45, 7) is 6.21. The van der Waals surface area contributed by atoms with Crippen molar-refractivity contribution in [3.05, 3.63) is 45.9 Å². The molecule has 2 N–H and O–H groups in total. The summed E-state index contributed by atoms with van der Waals surface area (Å²) < 4.78 is 5.35. The van der Waals surface area contributed by atoms with Gasteiger partial charge in [-0.05, 0) is 44.5 Å². The molecule has 24 heavy (non-hydrogen) atoms. The summed E-state index contributed by atoms with van der Waals surface area (Å²) in [6.07, 6.45) is 0.682. The number of carbonyl (C=O) groups excluding carboxylic acids is 1. The van der Waals surface area contributed by atoms with Gasteiger partial charge in [-0.3, -0.25) is 9.59 Å². The maximum absolute atomic E-state index is 12.0. The van der Waals surface area contributed by atoms with Gasteiger partial charge in [0.15, 0.2) is 5.16 Å². The van der Waals surface area contributed by atoms with Crippen molar-refractivity contribution in [3.63, 3.8) is 0 Å². The van der Waals surface area contributed by atoms with E-state index in [0.717, 1.165) is 11.4 Å². The first kappa shape index (κ1) is 18.1. The zero-order valence-corrected chi connectivity index (χ0v) is 14.8. The number of carbonyl (C=O) groups is 1. The number of H-pyrrole nitrogens is 1. The lowest BCUT2D eigenvalue weighted by Crippen LogP contribution is -2.18. The van der Waals surface area contributed by atoms with Crippen LogP contribution in [0.5, 0.6) is 5.75 Å². The number of ether oxygens (including phenoxy) is 1. The highest BCUT2D eigenvalue weighted by Gasteiger charge is 2.09. The highest BCUT2D eigenvalue weighted by atomic mass is 32.2. The van der Waals surface area contributed by atoms with E-state index >= 15 is 0 Å². The molecule has 0 saturated carbocycles. The van der Waals surface area contributed by atoms with Gasteiger partial charge in [0.2, 0.25) is 5.91 Å². The number of nitrogens with zero attached hydrogens (tertiary/aromatic N) is 1. The lowest BCUT2D eigenvalue weighted by Gasteiger charge is -2.08. The fourth-order valence-corrected chi connectivity index (χ4v) is 2.78. The van der Waals surface area contributed by atoms with Crippen LogP contribution in [0, 0.1) is 6.92 Å². The Morgan fingerprint density at radius 2 is 2.00 bits per heavy atom. The van der Waals surface area contributed by atoms with Crippen LogP contribution in [0.4, 0.5) is 5.69 Å². The highest BCUT2D eigenvalue weighted by molar-refractivity contribution is 7.99. The van der Waals surface area contributed by atoms with Gasteiger partial charge in [-0.25, -0.2) is 4.98 Å². The van der Waals surface area contributed by atoms with E-state index in [9.17, 15) is 9.59 Å². The molecule has 1 heterocycles. The van der Waals surface area contributed by atoms with E-state index in [-0.39, 0.29) is 17.2 Å². The van der Waals surface area contributed by atoms with Crippen LogP contribution in [-0.2, 0) is 11.2 Å². The van der Waals surface area contributed by atoms with Crippen LogP contribution in [0.15, 0.2) is 34.2 Å². The quantitative estimate of drug-likeness (QED) is 0.594. The van der Waals surface area contributed by atoms with Gasteiger partial charge in [-0.2, -0.15) is 0 Å². The molecule has 1 amide bonds. The van der Waals surface area contributed by atoms with Crippen molar-refractivity contribution in [2.45, 2.75) is 32.3 Å². The van der Waals surface area contributed by atoms with Crippen molar-refractivity contribution in [2.75, 3.05) is 17.7 Å². The minimum absolute atomic E-state index is 0.156. The molecule has 2 aromatic rings. The summed E-state index contributed by atoms with van der Waals surface area (Å²) in [5, 5.41) is 3.26.